The first-order valence-corrected chi connectivity index (χ1v) is 7.67. The lowest BCUT2D eigenvalue weighted by Gasteiger charge is -2.37. The molecule has 0 saturated carbocycles. The predicted octanol–water partition coefficient (Wildman–Crippen LogP) is 1.68. The molecule has 1 spiro atoms. The van der Waals surface area contributed by atoms with Crippen LogP contribution in [0.25, 0.3) is 0 Å². The van der Waals surface area contributed by atoms with Crippen molar-refractivity contribution in [3.8, 4) is 0 Å². The lowest BCUT2D eigenvalue weighted by molar-refractivity contribution is -0.189. The molecule has 1 aromatic rings. The zero-order valence-electron chi connectivity index (χ0n) is 13.3. The van der Waals surface area contributed by atoms with E-state index in [9.17, 15) is 9.59 Å². The number of nitrogens with zero attached hydrogens (tertiary/aromatic N) is 1. The normalized spacial score (nSPS) is 21.7. The lowest BCUT2D eigenvalue weighted by atomic mass is 9.95. The van der Waals surface area contributed by atoms with Crippen LogP contribution in [0.4, 0.5) is 4.79 Å². The number of benzene rings is 1. The van der Waals surface area contributed by atoms with Crippen LogP contribution in [-0.4, -0.2) is 49.6 Å². The van der Waals surface area contributed by atoms with E-state index in [0.29, 0.717) is 13.2 Å². The largest absolute Gasteiger partial charge is 0.469 e. The van der Waals surface area contributed by atoms with Gasteiger partial charge in [0.25, 0.3) is 0 Å². The molecule has 1 amide bonds. The van der Waals surface area contributed by atoms with Crippen LogP contribution in [0.2, 0.25) is 0 Å². The van der Waals surface area contributed by atoms with Crippen LogP contribution >= 0.6 is 0 Å². The molecule has 2 aliphatic rings. The minimum atomic E-state index is -1.16. The van der Waals surface area contributed by atoms with Crippen molar-refractivity contribution in [3.05, 3.63) is 48.2 Å². The van der Waals surface area contributed by atoms with E-state index in [1.165, 1.54) is 18.2 Å². The molecular formula is C17H19NO6. The van der Waals surface area contributed by atoms with Crippen molar-refractivity contribution in [3.63, 3.8) is 0 Å². The molecule has 1 fully saturated rings. The Morgan fingerprint density at radius 1 is 1.25 bits per heavy atom. The third-order valence-electron chi connectivity index (χ3n) is 4.02. The fraction of sp³-hybridized carbons (Fsp3) is 0.412. The van der Waals surface area contributed by atoms with Gasteiger partial charge in [0.1, 0.15) is 12.5 Å². The molecule has 0 N–H and O–H groups in total. The zero-order valence-corrected chi connectivity index (χ0v) is 13.3. The summed E-state index contributed by atoms with van der Waals surface area (Å²) in [7, 11) is 1.29. The van der Waals surface area contributed by atoms with Crippen molar-refractivity contribution in [1.82, 2.24) is 4.90 Å². The molecule has 3 rings (SSSR count). The van der Waals surface area contributed by atoms with Crippen LogP contribution in [0.5, 0.6) is 0 Å². The molecule has 0 aromatic heterocycles. The maximum absolute atomic E-state index is 12.2. The van der Waals surface area contributed by atoms with Crippen molar-refractivity contribution in [2.45, 2.75) is 12.4 Å². The minimum absolute atomic E-state index is 0.0663. The summed E-state index contributed by atoms with van der Waals surface area (Å²) in [6, 6.07) is 9.36. The summed E-state index contributed by atoms with van der Waals surface area (Å²) in [6.07, 6.45) is 2.55. The zero-order chi connectivity index (χ0) is 17.0. The average Bonchev–Trinajstić information content (AvgIpc) is 3.09. The quantitative estimate of drug-likeness (QED) is 0.784. The Labute approximate surface area is 139 Å². The van der Waals surface area contributed by atoms with Gasteiger partial charge >= 0.3 is 12.1 Å². The van der Waals surface area contributed by atoms with Crippen LogP contribution in [0.15, 0.2) is 42.6 Å². The van der Waals surface area contributed by atoms with Crippen molar-refractivity contribution in [2.24, 2.45) is 5.92 Å². The summed E-state index contributed by atoms with van der Waals surface area (Å²) < 4.78 is 21.3. The maximum Gasteiger partial charge on any atom is 0.414 e. The fourth-order valence-electron chi connectivity index (χ4n) is 2.75. The maximum atomic E-state index is 12.2. The highest BCUT2D eigenvalue weighted by Gasteiger charge is 2.50. The molecule has 1 unspecified atom stereocenters. The van der Waals surface area contributed by atoms with Crippen molar-refractivity contribution >= 4 is 12.1 Å². The summed E-state index contributed by atoms with van der Waals surface area (Å²) in [4.78, 5) is 25.7. The number of amides is 1. The number of methoxy groups -OCH3 is 1. The van der Waals surface area contributed by atoms with E-state index >= 15 is 0 Å². The van der Waals surface area contributed by atoms with E-state index in [1.54, 1.807) is 6.08 Å². The van der Waals surface area contributed by atoms with Gasteiger partial charge < -0.3 is 18.9 Å². The van der Waals surface area contributed by atoms with Gasteiger partial charge in [0.15, 0.2) is 0 Å². The van der Waals surface area contributed by atoms with Crippen molar-refractivity contribution in [1.29, 1.82) is 0 Å². The first-order chi connectivity index (χ1) is 11.6. The van der Waals surface area contributed by atoms with Crippen LogP contribution in [0.1, 0.15) is 5.56 Å². The average molecular weight is 333 g/mol. The van der Waals surface area contributed by atoms with Gasteiger partial charge in [0.2, 0.25) is 5.79 Å². The van der Waals surface area contributed by atoms with Gasteiger partial charge in [-0.05, 0) is 11.6 Å². The Kier molecular flexibility index (Phi) is 4.82. The topological polar surface area (TPSA) is 74.3 Å². The SMILES string of the molecule is COC(=O)C1CN(C(=O)OCc2ccccc2)C=CC12OCCO2. The highest BCUT2D eigenvalue weighted by molar-refractivity contribution is 5.77. The molecule has 2 heterocycles. The molecule has 1 aromatic carbocycles. The second kappa shape index (κ2) is 7.02. The Hall–Kier alpha value is -2.38. The predicted molar refractivity (Wildman–Crippen MR) is 82.6 cm³/mol. The molecule has 128 valence electrons. The monoisotopic (exact) mass is 333 g/mol. The molecule has 0 bridgehead atoms. The Balaban J connectivity index is 1.68. The fourth-order valence-corrected chi connectivity index (χ4v) is 2.75. The summed E-state index contributed by atoms with van der Waals surface area (Å²) in [6.45, 7) is 0.994. The van der Waals surface area contributed by atoms with E-state index in [-0.39, 0.29) is 13.2 Å². The Morgan fingerprint density at radius 2 is 1.96 bits per heavy atom. The van der Waals surface area contributed by atoms with Gasteiger partial charge in [-0.1, -0.05) is 30.3 Å². The molecular weight excluding hydrogens is 314 g/mol. The molecule has 1 atom stereocenters. The van der Waals surface area contributed by atoms with E-state index in [0.717, 1.165) is 5.56 Å². The molecule has 2 aliphatic heterocycles. The Bertz CT molecular complexity index is 623. The number of ether oxygens (including phenoxy) is 4. The molecule has 24 heavy (non-hydrogen) atoms. The summed E-state index contributed by atoms with van der Waals surface area (Å²) in [5.74, 6) is -2.43. The standard InChI is InChI=1S/C17H19NO6/c1-21-15(19)14-11-18(8-7-17(14)23-9-10-24-17)16(20)22-12-13-5-3-2-4-6-13/h2-8,14H,9-12H2,1H3. The molecule has 0 aliphatic carbocycles. The number of esters is 1. The molecule has 7 nitrogen and oxygen atoms in total. The van der Waals surface area contributed by atoms with Gasteiger partial charge in [-0.15, -0.1) is 0 Å². The van der Waals surface area contributed by atoms with Crippen LogP contribution in [-0.2, 0) is 30.3 Å². The van der Waals surface area contributed by atoms with Crippen LogP contribution in [0, 0.1) is 5.92 Å². The summed E-state index contributed by atoms with van der Waals surface area (Å²) >= 11 is 0. The van der Waals surface area contributed by atoms with Gasteiger partial charge in [-0.2, -0.15) is 0 Å². The second-order valence-corrected chi connectivity index (χ2v) is 5.50. The van der Waals surface area contributed by atoms with Gasteiger partial charge in [0, 0.05) is 12.7 Å². The minimum Gasteiger partial charge on any atom is -0.469 e. The van der Waals surface area contributed by atoms with E-state index in [2.05, 4.69) is 0 Å². The van der Waals surface area contributed by atoms with Gasteiger partial charge in [-0.3, -0.25) is 9.69 Å². The van der Waals surface area contributed by atoms with Crippen molar-refractivity contribution in [2.75, 3.05) is 26.9 Å². The third-order valence-corrected chi connectivity index (χ3v) is 4.02. The highest BCUT2D eigenvalue weighted by atomic mass is 16.7. The first-order valence-electron chi connectivity index (χ1n) is 7.67. The molecule has 0 radical (unpaired) electrons. The van der Waals surface area contributed by atoms with Crippen molar-refractivity contribution < 1.29 is 28.5 Å². The summed E-state index contributed by atoms with van der Waals surface area (Å²) in [5.41, 5.74) is 0.885. The first kappa shape index (κ1) is 16.5. The van der Waals surface area contributed by atoms with E-state index in [4.69, 9.17) is 18.9 Å². The van der Waals surface area contributed by atoms with Gasteiger partial charge in [-0.25, -0.2) is 4.79 Å². The van der Waals surface area contributed by atoms with E-state index in [1.807, 2.05) is 30.3 Å². The van der Waals surface area contributed by atoms with Gasteiger partial charge in [0.05, 0.1) is 20.3 Å². The number of hydrogen-bond acceptors (Lipinski definition) is 6. The number of carbonyl (C=O) groups is 2. The van der Waals surface area contributed by atoms with Crippen LogP contribution in [0.3, 0.4) is 0 Å². The lowest BCUT2D eigenvalue weighted by Crippen LogP contribution is -2.52. The smallest absolute Gasteiger partial charge is 0.414 e. The second-order valence-electron chi connectivity index (χ2n) is 5.50. The molecule has 1 saturated heterocycles. The highest BCUT2D eigenvalue weighted by Crippen LogP contribution is 2.35. The number of rotatable bonds is 3. The number of carbonyl (C=O) groups excluding carboxylic acids is 2. The van der Waals surface area contributed by atoms with E-state index < -0.39 is 23.8 Å². The molecule has 7 heteroatoms. The Morgan fingerprint density at radius 3 is 2.62 bits per heavy atom. The summed E-state index contributed by atoms with van der Waals surface area (Å²) in [5, 5.41) is 0. The number of hydrogen-bond donors (Lipinski definition) is 0. The van der Waals surface area contributed by atoms with Crippen LogP contribution < -0.4 is 0 Å². The third kappa shape index (κ3) is 3.27.